The Morgan fingerprint density at radius 1 is 1.50 bits per heavy atom. The molecule has 0 saturated carbocycles. The molecule has 0 N–H and O–H groups in total. The summed E-state index contributed by atoms with van der Waals surface area (Å²) in [6, 6.07) is 0. The van der Waals surface area contributed by atoms with Gasteiger partial charge in [-0.05, 0) is 37.5 Å². The Bertz CT molecular complexity index is 352. The molecular weight excluding hydrogens is 194 g/mol. The van der Waals surface area contributed by atoms with Crippen molar-refractivity contribution in [1.29, 1.82) is 0 Å². The van der Waals surface area contributed by atoms with E-state index in [4.69, 9.17) is 0 Å². The summed E-state index contributed by atoms with van der Waals surface area (Å²) in [5.74, 6) is 0. The van der Waals surface area contributed by atoms with E-state index in [9.17, 15) is 4.91 Å². The number of nitrogens with zero attached hydrogens (tertiary/aromatic N) is 1. The van der Waals surface area contributed by atoms with E-state index in [1.54, 1.807) is 11.3 Å². The van der Waals surface area contributed by atoms with Crippen LogP contribution >= 0.6 is 11.3 Å². The van der Waals surface area contributed by atoms with Crippen LogP contribution in [0.1, 0.15) is 34.7 Å². The molecule has 0 fully saturated rings. The fourth-order valence-corrected chi connectivity index (χ4v) is 2.87. The minimum absolute atomic E-state index is 0.312. The van der Waals surface area contributed by atoms with E-state index in [1.165, 1.54) is 16.0 Å². The molecule has 0 saturated heterocycles. The van der Waals surface area contributed by atoms with Crippen LogP contribution in [0.5, 0.6) is 0 Å². The van der Waals surface area contributed by atoms with E-state index in [0.29, 0.717) is 6.54 Å². The van der Waals surface area contributed by atoms with Gasteiger partial charge in [-0.25, -0.2) is 0 Å². The van der Waals surface area contributed by atoms with Gasteiger partial charge in [0.15, 0.2) is 0 Å². The predicted molar refractivity (Wildman–Crippen MR) is 62.6 cm³/mol. The van der Waals surface area contributed by atoms with Crippen molar-refractivity contribution < 1.29 is 0 Å². The van der Waals surface area contributed by atoms with Crippen molar-refractivity contribution in [2.75, 3.05) is 0 Å². The fourth-order valence-electron chi connectivity index (χ4n) is 1.59. The molecule has 0 unspecified atom stereocenters. The quantitative estimate of drug-likeness (QED) is 0.691. The molecule has 1 aromatic rings. The smallest absolute Gasteiger partial charge is 0.116 e. The second-order valence-corrected chi connectivity index (χ2v) is 4.27. The first-order valence-electron chi connectivity index (χ1n) is 4.77. The molecule has 1 heterocycles. The van der Waals surface area contributed by atoms with Crippen molar-refractivity contribution in [1.82, 2.24) is 0 Å². The highest BCUT2D eigenvalue weighted by molar-refractivity contribution is 7.13. The van der Waals surface area contributed by atoms with E-state index in [1.807, 2.05) is 13.0 Å². The van der Waals surface area contributed by atoms with Gasteiger partial charge in [-0.15, -0.1) is 11.3 Å². The first-order chi connectivity index (χ1) is 6.74. The molecule has 0 aromatic carbocycles. The van der Waals surface area contributed by atoms with Gasteiger partial charge in [0, 0.05) is 9.75 Å². The fraction of sp³-hybridized carbons (Fsp3) is 0.455. The van der Waals surface area contributed by atoms with Gasteiger partial charge in [0.05, 0.1) is 0 Å². The van der Waals surface area contributed by atoms with Gasteiger partial charge >= 0.3 is 0 Å². The molecule has 2 nitrogen and oxygen atoms in total. The molecule has 0 spiro atoms. The summed E-state index contributed by atoms with van der Waals surface area (Å²) >= 11 is 1.68. The molecule has 0 bridgehead atoms. The van der Waals surface area contributed by atoms with Crippen molar-refractivity contribution in [2.45, 2.75) is 33.7 Å². The van der Waals surface area contributed by atoms with Crippen LogP contribution in [0, 0.1) is 11.8 Å². The summed E-state index contributed by atoms with van der Waals surface area (Å²) in [5.41, 5.74) is 2.59. The van der Waals surface area contributed by atoms with Gasteiger partial charge in [-0.1, -0.05) is 18.2 Å². The zero-order valence-electron chi connectivity index (χ0n) is 8.83. The highest BCUT2D eigenvalue weighted by atomic mass is 32.1. The van der Waals surface area contributed by atoms with E-state index >= 15 is 0 Å². The van der Waals surface area contributed by atoms with Gasteiger partial charge in [0.2, 0.25) is 0 Å². The number of hydrogen-bond donors (Lipinski definition) is 0. The third-order valence-electron chi connectivity index (χ3n) is 2.27. The lowest BCUT2D eigenvalue weighted by Crippen LogP contribution is -1.86. The van der Waals surface area contributed by atoms with Crippen LogP contribution in [0.4, 0.5) is 0 Å². The number of allylic oxidation sites excluding steroid dienone is 1. The lowest BCUT2D eigenvalue weighted by molar-refractivity contribution is 1.02. The van der Waals surface area contributed by atoms with Crippen LogP contribution in [-0.4, -0.2) is 0 Å². The molecule has 0 radical (unpaired) electrons. The summed E-state index contributed by atoms with van der Waals surface area (Å²) in [6.45, 7) is 6.54. The Hall–Kier alpha value is -0.960. The van der Waals surface area contributed by atoms with E-state index < -0.39 is 0 Å². The molecule has 1 aromatic heterocycles. The van der Waals surface area contributed by atoms with Crippen molar-refractivity contribution in [3.63, 3.8) is 0 Å². The van der Waals surface area contributed by atoms with Gasteiger partial charge in [0.25, 0.3) is 0 Å². The average molecular weight is 209 g/mol. The maximum atomic E-state index is 10.3. The average Bonchev–Trinajstić information content (AvgIpc) is 2.45. The first kappa shape index (κ1) is 11.1. The molecule has 76 valence electrons. The van der Waals surface area contributed by atoms with Crippen LogP contribution in [0.15, 0.2) is 11.3 Å². The van der Waals surface area contributed by atoms with Crippen molar-refractivity contribution in [2.24, 2.45) is 5.18 Å². The van der Waals surface area contributed by atoms with Crippen LogP contribution in [-0.2, 0) is 13.0 Å². The van der Waals surface area contributed by atoms with E-state index in [-0.39, 0.29) is 0 Å². The van der Waals surface area contributed by atoms with Crippen LogP contribution < -0.4 is 0 Å². The molecule has 3 heteroatoms. The molecule has 0 aliphatic carbocycles. The molecule has 0 aliphatic rings. The van der Waals surface area contributed by atoms with Gasteiger partial charge in [-0.3, -0.25) is 0 Å². The highest BCUT2D eigenvalue weighted by Gasteiger charge is 2.11. The first-order valence-corrected chi connectivity index (χ1v) is 5.59. The Morgan fingerprint density at radius 3 is 2.71 bits per heavy atom. The third-order valence-corrected chi connectivity index (χ3v) is 3.56. The summed E-state index contributed by atoms with van der Waals surface area (Å²) in [7, 11) is 0. The van der Waals surface area contributed by atoms with E-state index in [0.717, 1.165) is 11.3 Å². The SMILES string of the molecule is C/C=C\c1sc(CN=O)c(CC)c1C. The molecule has 14 heavy (non-hydrogen) atoms. The monoisotopic (exact) mass is 209 g/mol. The maximum Gasteiger partial charge on any atom is 0.116 e. The second kappa shape index (κ2) is 5.05. The number of hydrogen-bond acceptors (Lipinski definition) is 3. The Morgan fingerprint density at radius 2 is 2.21 bits per heavy atom. The van der Waals surface area contributed by atoms with Crippen molar-refractivity contribution in [3.05, 3.63) is 31.9 Å². The summed E-state index contributed by atoms with van der Waals surface area (Å²) in [6.07, 6.45) is 5.09. The van der Waals surface area contributed by atoms with Gasteiger partial charge in [-0.2, -0.15) is 4.91 Å². The minimum atomic E-state index is 0.312. The predicted octanol–water partition coefficient (Wildman–Crippen LogP) is 3.92. The second-order valence-electron chi connectivity index (χ2n) is 3.13. The zero-order valence-corrected chi connectivity index (χ0v) is 9.65. The number of thiophene rings is 1. The Labute approximate surface area is 88.6 Å². The molecule has 1 rings (SSSR count). The molecule has 0 atom stereocenters. The van der Waals surface area contributed by atoms with Gasteiger partial charge < -0.3 is 0 Å². The highest BCUT2D eigenvalue weighted by Crippen LogP contribution is 2.30. The van der Waals surface area contributed by atoms with E-state index in [2.05, 4.69) is 25.1 Å². The normalized spacial score (nSPS) is 11.1. The lowest BCUT2D eigenvalue weighted by Gasteiger charge is -1.97. The Kier molecular flexibility index (Phi) is 4.01. The topological polar surface area (TPSA) is 29.4 Å². The summed E-state index contributed by atoms with van der Waals surface area (Å²) in [4.78, 5) is 12.6. The lowest BCUT2D eigenvalue weighted by atomic mass is 10.1. The number of rotatable bonds is 4. The molecular formula is C11H15NOS. The maximum absolute atomic E-state index is 10.3. The summed E-state index contributed by atoms with van der Waals surface area (Å²) < 4.78 is 0. The molecule has 0 aliphatic heterocycles. The van der Waals surface area contributed by atoms with Crippen LogP contribution in [0.3, 0.4) is 0 Å². The largest absolute Gasteiger partial charge is 0.150 e. The minimum Gasteiger partial charge on any atom is -0.150 e. The van der Waals surface area contributed by atoms with Crippen LogP contribution in [0.2, 0.25) is 0 Å². The number of nitroso groups, excluding NO2 is 1. The standard InChI is InChI=1S/C11H15NOS/c1-4-6-10-8(3)9(5-2)11(14-10)7-12-13/h4,6H,5,7H2,1-3H3/b6-4-. The Balaban J connectivity index is 3.16. The third kappa shape index (κ3) is 2.10. The summed E-state index contributed by atoms with van der Waals surface area (Å²) in [5, 5.41) is 2.97. The van der Waals surface area contributed by atoms with Crippen LogP contribution in [0.25, 0.3) is 6.08 Å². The van der Waals surface area contributed by atoms with Gasteiger partial charge in [0.1, 0.15) is 6.54 Å². The molecule has 0 amide bonds. The van der Waals surface area contributed by atoms with Crippen molar-refractivity contribution in [3.8, 4) is 0 Å². The zero-order chi connectivity index (χ0) is 10.6. The van der Waals surface area contributed by atoms with Crippen molar-refractivity contribution >= 4 is 17.4 Å².